The van der Waals surface area contributed by atoms with Gasteiger partial charge in [-0.3, -0.25) is 14.5 Å². The van der Waals surface area contributed by atoms with Crippen LogP contribution in [-0.2, 0) is 22.4 Å². The number of rotatable bonds is 6. The van der Waals surface area contributed by atoms with E-state index in [-0.39, 0.29) is 22.6 Å². The molecule has 2 aromatic carbocycles. The first-order valence-corrected chi connectivity index (χ1v) is 12.7. The Morgan fingerprint density at radius 2 is 1.84 bits per heavy atom. The molecule has 2 aliphatic rings. The zero-order chi connectivity index (χ0) is 22.9. The third-order valence-corrected chi connectivity index (χ3v) is 7.41. The van der Waals surface area contributed by atoms with E-state index >= 15 is 0 Å². The highest BCUT2D eigenvalue weighted by molar-refractivity contribution is 8.00. The van der Waals surface area contributed by atoms with E-state index in [1.807, 2.05) is 29.2 Å². The number of nitrogens with one attached hydrogen (secondary N) is 1. The molecule has 2 amide bonds. The summed E-state index contributed by atoms with van der Waals surface area (Å²) in [6.07, 6.45) is 4.99. The van der Waals surface area contributed by atoms with Crippen molar-refractivity contribution in [3.63, 3.8) is 0 Å². The summed E-state index contributed by atoms with van der Waals surface area (Å²) < 4.78 is 0. The van der Waals surface area contributed by atoms with Gasteiger partial charge in [0.25, 0.3) is 0 Å². The summed E-state index contributed by atoms with van der Waals surface area (Å²) in [6, 6.07) is 14.4. The van der Waals surface area contributed by atoms with Crippen LogP contribution in [-0.4, -0.2) is 17.6 Å². The summed E-state index contributed by atoms with van der Waals surface area (Å²) in [4.78, 5) is 27.1. The SMILES string of the molecule is C[C@H](CC(=O)Nc1ccc([C@@H]2SCC(=O)N2c2ccc3c(c2)CCC3)cc1)CC(C)(C)C. The van der Waals surface area contributed by atoms with Crippen LogP contribution in [0.15, 0.2) is 42.5 Å². The van der Waals surface area contributed by atoms with Crippen LogP contribution in [0.5, 0.6) is 0 Å². The Morgan fingerprint density at radius 1 is 1.12 bits per heavy atom. The lowest BCUT2D eigenvalue weighted by molar-refractivity contribution is -0.117. The van der Waals surface area contributed by atoms with Gasteiger partial charge >= 0.3 is 0 Å². The molecule has 0 unspecified atom stereocenters. The fourth-order valence-electron chi connectivity index (χ4n) is 5.03. The fraction of sp³-hybridized carbons (Fsp3) is 0.481. The van der Waals surface area contributed by atoms with Crippen molar-refractivity contribution in [1.82, 2.24) is 0 Å². The highest BCUT2D eigenvalue weighted by Gasteiger charge is 2.34. The molecular weight excluding hydrogens is 416 g/mol. The standard InChI is InChI=1S/C27H34N2O2S/c1-18(16-27(2,3)4)14-24(30)28-22-11-8-20(9-12-22)26-29(25(31)17-32-26)23-13-10-19-6-5-7-21(19)15-23/h8-13,15,18,26H,5-7,14,16-17H2,1-4H3,(H,28,30)/t18-,26+/m1/s1. The second kappa shape index (κ2) is 9.30. The number of aryl methyl sites for hydroxylation is 2. The number of anilines is 2. The fourth-order valence-corrected chi connectivity index (χ4v) is 6.21. The largest absolute Gasteiger partial charge is 0.326 e. The second-order valence-electron chi connectivity index (χ2n) is 10.5. The van der Waals surface area contributed by atoms with Crippen molar-refractivity contribution < 1.29 is 9.59 Å². The van der Waals surface area contributed by atoms with Crippen molar-refractivity contribution in [2.75, 3.05) is 16.0 Å². The summed E-state index contributed by atoms with van der Waals surface area (Å²) in [5, 5.41) is 3.00. The number of carbonyl (C=O) groups excluding carboxylic acids is 2. The minimum atomic E-state index is -0.0292. The predicted molar refractivity (Wildman–Crippen MR) is 134 cm³/mol. The van der Waals surface area contributed by atoms with Crippen molar-refractivity contribution >= 4 is 35.0 Å². The predicted octanol–water partition coefficient (Wildman–Crippen LogP) is 6.35. The third kappa shape index (κ3) is 5.37. The molecule has 2 atom stereocenters. The number of carbonyl (C=O) groups is 2. The first-order chi connectivity index (χ1) is 15.2. The van der Waals surface area contributed by atoms with Crippen LogP contribution in [0.4, 0.5) is 11.4 Å². The lowest BCUT2D eigenvalue weighted by Gasteiger charge is -2.25. The molecule has 2 aromatic rings. The molecule has 0 saturated carbocycles. The van der Waals surface area contributed by atoms with E-state index in [2.05, 4.69) is 51.2 Å². The first-order valence-electron chi connectivity index (χ1n) is 11.6. The van der Waals surface area contributed by atoms with E-state index in [0.717, 1.165) is 36.2 Å². The Labute approximate surface area is 196 Å². The van der Waals surface area contributed by atoms with E-state index in [9.17, 15) is 9.59 Å². The Kier molecular flexibility index (Phi) is 6.66. The van der Waals surface area contributed by atoms with E-state index < -0.39 is 0 Å². The number of hydrogen-bond acceptors (Lipinski definition) is 3. The monoisotopic (exact) mass is 450 g/mol. The number of hydrogen-bond donors (Lipinski definition) is 1. The summed E-state index contributed by atoms with van der Waals surface area (Å²) in [7, 11) is 0. The van der Waals surface area contributed by atoms with Crippen LogP contribution in [0, 0.1) is 11.3 Å². The lowest BCUT2D eigenvalue weighted by Crippen LogP contribution is -2.27. The number of benzene rings is 2. The number of nitrogens with zero attached hydrogens (tertiary/aromatic N) is 1. The van der Waals surface area contributed by atoms with Crippen molar-refractivity contribution in [3.8, 4) is 0 Å². The smallest absolute Gasteiger partial charge is 0.238 e. The molecule has 4 rings (SSSR count). The molecule has 32 heavy (non-hydrogen) atoms. The molecule has 1 fully saturated rings. The Bertz CT molecular complexity index is 994. The molecular formula is C27H34N2O2S. The van der Waals surface area contributed by atoms with E-state index in [1.165, 1.54) is 17.5 Å². The normalized spacial score (nSPS) is 19.2. The van der Waals surface area contributed by atoms with Gasteiger partial charge in [-0.05, 0) is 78.0 Å². The molecule has 0 bridgehead atoms. The number of fused-ring (bicyclic) bond motifs is 1. The molecule has 1 aliphatic carbocycles. The topological polar surface area (TPSA) is 49.4 Å². The van der Waals surface area contributed by atoms with E-state index in [0.29, 0.717) is 18.1 Å². The molecule has 5 heteroatoms. The average Bonchev–Trinajstić information content (AvgIpc) is 3.32. The Balaban J connectivity index is 1.43. The second-order valence-corrected chi connectivity index (χ2v) is 11.5. The van der Waals surface area contributed by atoms with Crippen LogP contribution in [0.3, 0.4) is 0 Å². The molecule has 1 heterocycles. The first kappa shape index (κ1) is 22.9. The van der Waals surface area contributed by atoms with Crippen molar-refractivity contribution in [2.45, 2.75) is 65.2 Å². The van der Waals surface area contributed by atoms with Gasteiger partial charge < -0.3 is 5.32 Å². The van der Waals surface area contributed by atoms with Gasteiger partial charge in [0.1, 0.15) is 5.37 Å². The minimum Gasteiger partial charge on any atom is -0.326 e. The summed E-state index contributed by atoms with van der Waals surface area (Å²) in [5.41, 5.74) is 5.91. The van der Waals surface area contributed by atoms with Gasteiger partial charge in [0.05, 0.1) is 5.75 Å². The number of amides is 2. The van der Waals surface area contributed by atoms with Crippen molar-refractivity contribution in [1.29, 1.82) is 0 Å². The zero-order valence-electron chi connectivity index (χ0n) is 19.6. The maximum Gasteiger partial charge on any atom is 0.238 e. The maximum absolute atomic E-state index is 12.7. The molecule has 1 saturated heterocycles. The minimum absolute atomic E-state index is 0.0292. The van der Waals surface area contributed by atoms with Crippen molar-refractivity contribution in [3.05, 3.63) is 59.2 Å². The van der Waals surface area contributed by atoms with Gasteiger partial charge in [0.2, 0.25) is 11.8 Å². The van der Waals surface area contributed by atoms with Crippen LogP contribution in [0.2, 0.25) is 0 Å². The molecule has 1 aliphatic heterocycles. The van der Waals surface area contributed by atoms with Crippen LogP contribution in [0.25, 0.3) is 0 Å². The van der Waals surface area contributed by atoms with Crippen molar-refractivity contribution in [2.24, 2.45) is 11.3 Å². The van der Waals surface area contributed by atoms with Gasteiger partial charge in [-0.25, -0.2) is 0 Å². The summed E-state index contributed by atoms with van der Waals surface area (Å²) in [5.74, 6) is 1.05. The molecule has 0 aromatic heterocycles. The molecule has 0 spiro atoms. The molecule has 1 N–H and O–H groups in total. The lowest BCUT2D eigenvalue weighted by atomic mass is 9.84. The zero-order valence-corrected chi connectivity index (χ0v) is 20.4. The maximum atomic E-state index is 12.7. The van der Waals surface area contributed by atoms with Crippen LogP contribution in [0.1, 0.15) is 69.0 Å². The number of thioether (sulfide) groups is 1. The van der Waals surface area contributed by atoms with E-state index in [1.54, 1.807) is 11.8 Å². The molecule has 170 valence electrons. The van der Waals surface area contributed by atoms with Crippen LogP contribution >= 0.6 is 11.8 Å². The molecule has 4 nitrogen and oxygen atoms in total. The van der Waals surface area contributed by atoms with Gasteiger partial charge in [-0.1, -0.05) is 45.9 Å². The van der Waals surface area contributed by atoms with Crippen LogP contribution < -0.4 is 10.2 Å². The highest BCUT2D eigenvalue weighted by Crippen LogP contribution is 2.43. The van der Waals surface area contributed by atoms with Gasteiger partial charge in [0, 0.05) is 17.8 Å². The molecule has 0 radical (unpaired) electrons. The Morgan fingerprint density at radius 3 is 2.56 bits per heavy atom. The summed E-state index contributed by atoms with van der Waals surface area (Å²) >= 11 is 1.66. The van der Waals surface area contributed by atoms with E-state index in [4.69, 9.17) is 0 Å². The Hall–Kier alpha value is -2.27. The highest BCUT2D eigenvalue weighted by atomic mass is 32.2. The van der Waals surface area contributed by atoms with Gasteiger partial charge in [-0.15, -0.1) is 11.8 Å². The van der Waals surface area contributed by atoms with Gasteiger partial charge in [0.15, 0.2) is 0 Å². The summed E-state index contributed by atoms with van der Waals surface area (Å²) in [6.45, 7) is 8.75. The average molecular weight is 451 g/mol. The quantitative estimate of drug-likeness (QED) is 0.557. The van der Waals surface area contributed by atoms with Gasteiger partial charge in [-0.2, -0.15) is 0 Å². The third-order valence-electron chi connectivity index (χ3n) is 6.20.